The zero-order chi connectivity index (χ0) is 14.1. The van der Waals surface area contributed by atoms with Gasteiger partial charge >= 0.3 is 0 Å². The first-order chi connectivity index (χ1) is 9.63. The predicted molar refractivity (Wildman–Crippen MR) is 83.3 cm³/mol. The zero-order valence-corrected chi connectivity index (χ0v) is 11.7. The van der Waals surface area contributed by atoms with E-state index in [1.807, 2.05) is 6.20 Å². The fourth-order valence-electron chi connectivity index (χ4n) is 2.40. The van der Waals surface area contributed by atoms with Crippen LogP contribution in [0, 0.1) is 0 Å². The largest absolute Gasteiger partial charge is 0.397 e. The van der Waals surface area contributed by atoms with Crippen molar-refractivity contribution in [2.24, 2.45) is 0 Å². The molecule has 0 spiro atoms. The normalized spacial score (nSPS) is 11.3. The second kappa shape index (κ2) is 4.98. The molecule has 0 aliphatic rings. The van der Waals surface area contributed by atoms with E-state index in [2.05, 4.69) is 59.3 Å². The van der Waals surface area contributed by atoms with Crippen molar-refractivity contribution in [3.8, 4) is 11.1 Å². The van der Waals surface area contributed by atoms with E-state index in [1.54, 1.807) is 6.20 Å². The molecule has 0 saturated carbocycles. The van der Waals surface area contributed by atoms with Gasteiger partial charge in [-0.25, -0.2) is 4.98 Å². The van der Waals surface area contributed by atoms with Crippen LogP contribution in [0.4, 0.5) is 5.69 Å². The molecular weight excluding hydrogens is 248 g/mol. The number of fused-ring (bicyclic) bond motifs is 1. The van der Waals surface area contributed by atoms with Gasteiger partial charge in [-0.2, -0.15) is 0 Å². The molecule has 0 radical (unpaired) electrons. The Hall–Kier alpha value is -2.33. The maximum absolute atomic E-state index is 5.94. The summed E-state index contributed by atoms with van der Waals surface area (Å²) in [6.07, 6.45) is 3.66. The first-order valence-corrected chi connectivity index (χ1v) is 6.60. The number of nitrogens with zero attached hydrogens (tertiary/aromatic N) is 2. The quantitative estimate of drug-likeness (QED) is 0.766. The van der Waals surface area contributed by atoms with E-state index >= 15 is 0 Å². The van der Waals surface area contributed by atoms with Crippen LogP contribution < -0.4 is 5.73 Å². The number of hydrogen-bond donors (Lipinski definition) is 2. The Morgan fingerprint density at radius 3 is 2.85 bits per heavy atom. The van der Waals surface area contributed by atoms with Gasteiger partial charge in [0, 0.05) is 29.9 Å². The first-order valence-electron chi connectivity index (χ1n) is 6.60. The highest BCUT2D eigenvalue weighted by molar-refractivity contribution is 5.91. The Labute approximate surface area is 118 Å². The van der Waals surface area contributed by atoms with Crippen LogP contribution >= 0.6 is 0 Å². The molecule has 0 aliphatic carbocycles. The van der Waals surface area contributed by atoms with Gasteiger partial charge in [-0.15, -0.1) is 0 Å². The summed E-state index contributed by atoms with van der Waals surface area (Å²) in [4.78, 5) is 9.64. The van der Waals surface area contributed by atoms with E-state index in [-0.39, 0.29) is 0 Å². The van der Waals surface area contributed by atoms with Gasteiger partial charge < -0.3 is 15.6 Å². The molecule has 0 fully saturated rings. The van der Waals surface area contributed by atoms with Gasteiger partial charge in [0.25, 0.3) is 0 Å². The summed E-state index contributed by atoms with van der Waals surface area (Å²) >= 11 is 0. The van der Waals surface area contributed by atoms with E-state index in [1.165, 1.54) is 11.1 Å². The Bertz CT molecular complexity index is 743. The topological polar surface area (TPSA) is 57.9 Å². The lowest BCUT2D eigenvalue weighted by atomic mass is 10.0. The molecule has 0 unspecified atom stereocenters. The van der Waals surface area contributed by atoms with Gasteiger partial charge in [-0.1, -0.05) is 18.2 Å². The van der Waals surface area contributed by atoms with Gasteiger partial charge in [0.1, 0.15) is 5.65 Å². The molecule has 0 aliphatic heterocycles. The van der Waals surface area contributed by atoms with Crippen LogP contribution in [-0.2, 0) is 6.54 Å². The van der Waals surface area contributed by atoms with Gasteiger partial charge in [-0.3, -0.25) is 0 Å². The lowest BCUT2D eigenvalue weighted by Gasteiger charge is -2.11. The van der Waals surface area contributed by atoms with Crippen LogP contribution in [0.5, 0.6) is 0 Å². The summed E-state index contributed by atoms with van der Waals surface area (Å²) in [6, 6.07) is 10.6. The highest BCUT2D eigenvalue weighted by Crippen LogP contribution is 2.26. The Balaban J connectivity index is 2.03. The predicted octanol–water partition coefficient (Wildman–Crippen LogP) is 2.87. The number of hydrogen-bond acceptors (Lipinski definition) is 3. The van der Waals surface area contributed by atoms with Gasteiger partial charge in [0.05, 0.1) is 5.69 Å². The monoisotopic (exact) mass is 266 g/mol. The maximum atomic E-state index is 5.94. The minimum atomic E-state index is 0.735. The highest BCUT2D eigenvalue weighted by atomic mass is 15.0. The second-order valence-electron chi connectivity index (χ2n) is 5.30. The summed E-state index contributed by atoms with van der Waals surface area (Å²) in [5.41, 5.74) is 11.0. The fourth-order valence-corrected chi connectivity index (χ4v) is 2.40. The summed E-state index contributed by atoms with van der Waals surface area (Å²) < 4.78 is 0. The van der Waals surface area contributed by atoms with Gasteiger partial charge in [0.2, 0.25) is 0 Å². The third-order valence-electron chi connectivity index (χ3n) is 3.32. The fraction of sp³-hybridized carbons (Fsp3) is 0.188. The third kappa shape index (κ3) is 2.38. The third-order valence-corrected chi connectivity index (χ3v) is 3.32. The molecule has 3 aromatic rings. The summed E-state index contributed by atoms with van der Waals surface area (Å²) in [7, 11) is 4.14. The van der Waals surface area contributed by atoms with Crippen molar-refractivity contribution in [2.45, 2.75) is 6.54 Å². The molecule has 0 bridgehead atoms. The molecular formula is C16H18N4. The maximum Gasteiger partial charge on any atom is 0.139 e. The lowest BCUT2D eigenvalue weighted by molar-refractivity contribution is 0.402. The molecule has 2 aromatic heterocycles. The number of nitrogens with one attached hydrogen (secondary N) is 1. The number of pyridine rings is 1. The molecule has 4 nitrogen and oxygen atoms in total. The minimum absolute atomic E-state index is 0.735. The van der Waals surface area contributed by atoms with Crippen molar-refractivity contribution in [3.05, 3.63) is 48.3 Å². The average Bonchev–Trinajstić information content (AvgIpc) is 2.80. The Kier molecular flexibility index (Phi) is 3.16. The van der Waals surface area contributed by atoms with Crippen molar-refractivity contribution in [1.82, 2.24) is 14.9 Å². The average molecular weight is 266 g/mol. The van der Waals surface area contributed by atoms with E-state index in [0.717, 1.165) is 28.8 Å². The van der Waals surface area contributed by atoms with Crippen molar-refractivity contribution >= 4 is 16.7 Å². The zero-order valence-electron chi connectivity index (χ0n) is 11.7. The van der Waals surface area contributed by atoms with Crippen molar-refractivity contribution in [1.29, 1.82) is 0 Å². The number of aromatic nitrogens is 2. The van der Waals surface area contributed by atoms with Crippen molar-refractivity contribution in [2.75, 3.05) is 19.8 Å². The van der Waals surface area contributed by atoms with Crippen LogP contribution in [0.2, 0.25) is 0 Å². The molecule has 3 N–H and O–H groups in total. The standard InChI is InChI=1S/C16H18N4/c1-20(2)10-11-4-3-5-12(6-11)13-7-14-15(17)9-19-16(14)18-8-13/h3-9H,10,17H2,1-2H3,(H,18,19). The molecule has 0 amide bonds. The minimum Gasteiger partial charge on any atom is -0.397 e. The number of aromatic amines is 1. The van der Waals surface area contributed by atoms with Crippen LogP contribution in [0.15, 0.2) is 42.7 Å². The smallest absolute Gasteiger partial charge is 0.139 e. The number of rotatable bonds is 3. The van der Waals surface area contributed by atoms with E-state index in [0.29, 0.717) is 0 Å². The van der Waals surface area contributed by atoms with Crippen LogP contribution in [0.3, 0.4) is 0 Å². The number of nitrogen functional groups attached to an aromatic ring is 1. The number of H-pyrrole nitrogens is 1. The molecule has 2 heterocycles. The second-order valence-corrected chi connectivity index (χ2v) is 5.30. The first kappa shape index (κ1) is 12.7. The van der Waals surface area contributed by atoms with Crippen LogP contribution in [0.25, 0.3) is 22.2 Å². The van der Waals surface area contributed by atoms with E-state index < -0.39 is 0 Å². The van der Waals surface area contributed by atoms with E-state index in [9.17, 15) is 0 Å². The summed E-state index contributed by atoms with van der Waals surface area (Å²) in [5.74, 6) is 0. The Morgan fingerprint density at radius 2 is 2.05 bits per heavy atom. The Morgan fingerprint density at radius 1 is 1.20 bits per heavy atom. The molecule has 0 saturated heterocycles. The molecule has 4 heteroatoms. The SMILES string of the molecule is CN(C)Cc1cccc(-c2cnc3[nH]cc(N)c3c2)c1. The lowest BCUT2D eigenvalue weighted by Crippen LogP contribution is -2.10. The number of benzene rings is 1. The van der Waals surface area contributed by atoms with Crippen LogP contribution in [0.1, 0.15) is 5.56 Å². The number of nitrogens with two attached hydrogens (primary N) is 1. The molecule has 1 aromatic carbocycles. The highest BCUT2D eigenvalue weighted by Gasteiger charge is 2.05. The van der Waals surface area contributed by atoms with Crippen molar-refractivity contribution in [3.63, 3.8) is 0 Å². The van der Waals surface area contributed by atoms with Crippen LogP contribution in [-0.4, -0.2) is 29.0 Å². The van der Waals surface area contributed by atoms with Gasteiger partial charge in [-0.05, 0) is 37.4 Å². The summed E-state index contributed by atoms with van der Waals surface area (Å²) in [5, 5.41) is 0.973. The van der Waals surface area contributed by atoms with E-state index in [4.69, 9.17) is 5.73 Å². The number of anilines is 1. The van der Waals surface area contributed by atoms with Crippen molar-refractivity contribution < 1.29 is 0 Å². The van der Waals surface area contributed by atoms with Gasteiger partial charge in [0.15, 0.2) is 0 Å². The molecule has 0 atom stereocenters. The molecule has 20 heavy (non-hydrogen) atoms. The summed E-state index contributed by atoms with van der Waals surface area (Å²) in [6.45, 7) is 0.926. The molecule has 102 valence electrons. The molecule has 3 rings (SSSR count).